The van der Waals surface area contributed by atoms with Gasteiger partial charge in [-0.15, -0.1) is 0 Å². The van der Waals surface area contributed by atoms with E-state index in [-0.39, 0.29) is 0 Å². The molecule has 0 amide bonds. The minimum atomic E-state index is 0.721. The Morgan fingerprint density at radius 3 is 2.53 bits per heavy atom. The van der Waals surface area contributed by atoms with Gasteiger partial charge in [-0.3, -0.25) is 9.80 Å². The highest BCUT2D eigenvalue weighted by Crippen LogP contribution is 2.32. The SMILES string of the molecule is CC(C)N1CCC(N(CC2CCCCN2)C2CC2)C1. The second kappa shape index (κ2) is 6.11. The highest BCUT2D eigenvalue weighted by molar-refractivity contribution is 4.95. The molecule has 19 heavy (non-hydrogen) atoms. The van der Waals surface area contributed by atoms with Crippen molar-refractivity contribution in [2.45, 2.75) is 76.5 Å². The largest absolute Gasteiger partial charge is 0.313 e. The second-order valence-electron chi connectivity index (χ2n) is 7.11. The van der Waals surface area contributed by atoms with E-state index in [9.17, 15) is 0 Å². The lowest BCUT2D eigenvalue weighted by Gasteiger charge is -2.35. The van der Waals surface area contributed by atoms with Crippen molar-refractivity contribution in [2.24, 2.45) is 0 Å². The van der Waals surface area contributed by atoms with Gasteiger partial charge in [0, 0.05) is 43.8 Å². The van der Waals surface area contributed by atoms with E-state index < -0.39 is 0 Å². The number of nitrogens with zero attached hydrogens (tertiary/aromatic N) is 2. The van der Waals surface area contributed by atoms with Crippen molar-refractivity contribution in [3.8, 4) is 0 Å². The average molecular weight is 265 g/mol. The maximum Gasteiger partial charge on any atom is 0.0239 e. The van der Waals surface area contributed by atoms with Gasteiger partial charge in [-0.05, 0) is 52.5 Å². The third-order valence-electron chi connectivity index (χ3n) is 5.25. The molecule has 3 nitrogen and oxygen atoms in total. The predicted octanol–water partition coefficient (Wildman–Crippen LogP) is 2.08. The molecule has 3 aliphatic rings. The molecule has 2 atom stereocenters. The molecule has 0 aromatic carbocycles. The number of hydrogen-bond donors (Lipinski definition) is 1. The van der Waals surface area contributed by atoms with Crippen LogP contribution in [0.2, 0.25) is 0 Å². The Bertz CT molecular complexity index is 282. The first kappa shape index (κ1) is 13.8. The molecule has 3 rings (SSSR count). The zero-order valence-corrected chi connectivity index (χ0v) is 12.8. The third-order valence-corrected chi connectivity index (χ3v) is 5.25. The molecule has 2 unspecified atom stereocenters. The van der Waals surface area contributed by atoms with Gasteiger partial charge in [0.1, 0.15) is 0 Å². The van der Waals surface area contributed by atoms with Gasteiger partial charge in [-0.1, -0.05) is 6.42 Å². The van der Waals surface area contributed by atoms with E-state index in [0.717, 1.165) is 24.2 Å². The van der Waals surface area contributed by atoms with Crippen LogP contribution in [0.15, 0.2) is 0 Å². The summed E-state index contributed by atoms with van der Waals surface area (Å²) in [5, 5.41) is 3.73. The zero-order chi connectivity index (χ0) is 13.2. The van der Waals surface area contributed by atoms with Crippen molar-refractivity contribution in [3.05, 3.63) is 0 Å². The Morgan fingerprint density at radius 1 is 1.11 bits per heavy atom. The van der Waals surface area contributed by atoms with Gasteiger partial charge in [0.15, 0.2) is 0 Å². The molecule has 0 aromatic heterocycles. The fourth-order valence-corrected chi connectivity index (χ4v) is 3.84. The Morgan fingerprint density at radius 2 is 1.95 bits per heavy atom. The minimum absolute atomic E-state index is 0.721. The maximum atomic E-state index is 3.73. The monoisotopic (exact) mass is 265 g/mol. The molecule has 1 N–H and O–H groups in total. The normalized spacial score (nSPS) is 33.5. The molecule has 110 valence electrons. The molecule has 3 heteroatoms. The molecule has 0 radical (unpaired) electrons. The molecule has 2 aliphatic heterocycles. The lowest BCUT2D eigenvalue weighted by atomic mass is 10.0. The second-order valence-corrected chi connectivity index (χ2v) is 7.11. The van der Waals surface area contributed by atoms with Crippen molar-refractivity contribution in [1.29, 1.82) is 0 Å². The average Bonchev–Trinajstić information content (AvgIpc) is 3.13. The molecule has 1 aliphatic carbocycles. The molecular weight excluding hydrogens is 234 g/mol. The molecular formula is C16H31N3. The fraction of sp³-hybridized carbons (Fsp3) is 1.00. The third kappa shape index (κ3) is 3.50. The van der Waals surface area contributed by atoms with Crippen LogP contribution < -0.4 is 5.32 Å². The van der Waals surface area contributed by atoms with E-state index in [1.54, 1.807) is 0 Å². The Labute approximate surface area is 118 Å². The van der Waals surface area contributed by atoms with Crippen molar-refractivity contribution in [2.75, 3.05) is 26.2 Å². The van der Waals surface area contributed by atoms with Crippen LogP contribution in [0.1, 0.15) is 52.4 Å². The number of nitrogens with one attached hydrogen (secondary N) is 1. The topological polar surface area (TPSA) is 18.5 Å². The molecule has 3 fully saturated rings. The van der Waals surface area contributed by atoms with Crippen molar-refractivity contribution in [1.82, 2.24) is 15.1 Å². The van der Waals surface area contributed by atoms with Crippen LogP contribution >= 0.6 is 0 Å². The number of hydrogen-bond acceptors (Lipinski definition) is 3. The number of likely N-dealkylation sites (tertiary alicyclic amines) is 1. The van der Waals surface area contributed by atoms with Gasteiger partial charge < -0.3 is 5.32 Å². The first-order valence-electron chi connectivity index (χ1n) is 8.47. The van der Waals surface area contributed by atoms with Crippen LogP contribution in [-0.2, 0) is 0 Å². The van der Waals surface area contributed by atoms with Crippen LogP contribution in [0.3, 0.4) is 0 Å². The van der Waals surface area contributed by atoms with Crippen LogP contribution in [0, 0.1) is 0 Å². The van der Waals surface area contributed by atoms with E-state index in [1.807, 2.05) is 0 Å². The quantitative estimate of drug-likeness (QED) is 0.821. The van der Waals surface area contributed by atoms with E-state index in [0.29, 0.717) is 0 Å². The van der Waals surface area contributed by atoms with Gasteiger partial charge in [-0.25, -0.2) is 0 Å². The lowest BCUT2D eigenvalue weighted by molar-refractivity contribution is 0.150. The first-order chi connectivity index (χ1) is 9.24. The summed E-state index contributed by atoms with van der Waals surface area (Å²) in [5.41, 5.74) is 0. The van der Waals surface area contributed by atoms with Gasteiger partial charge in [0.2, 0.25) is 0 Å². The summed E-state index contributed by atoms with van der Waals surface area (Å²) in [4.78, 5) is 5.53. The van der Waals surface area contributed by atoms with Gasteiger partial charge >= 0.3 is 0 Å². The van der Waals surface area contributed by atoms with Crippen molar-refractivity contribution in [3.63, 3.8) is 0 Å². The molecule has 0 spiro atoms. The highest BCUT2D eigenvalue weighted by atomic mass is 15.3. The Balaban J connectivity index is 1.55. The van der Waals surface area contributed by atoms with Crippen molar-refractivity contribution < 1.29 is 0 Å². The molecule has 2 saturated heterocycles. The Kier molecular flexibility index (Phi) is 4.45. The zero-order valence-electron chi connectivity index (χ0n) is 12.8. The highest BCUT2D eigenvalue weighted by Gasteiger charge is 2.38. The molecule has 0 aromatic rings. The molecule has 1 saturated carbocycles. The standard InChI is InChI=1S/C16H31N3/c1-13(2)18-10-8-16(12-18)19(15-6-7-15)11-14-5-3-4-9-17-14/h13-17H,3-12H2,1-2H3. The summed E-state index contributed by atoms with van der Waals surface area (Å²) in [7, 11) is 0. The van der Waals surface area contributed by atoms with E-state index in [1.165, 1.54) is 64.7 Å². The summed E-state index contributed by atoms with van der Waals surface area (Å²) < 4.78 is 0. The number of rotatable bonds is 5. The van der Waals surface area contributed by atoms with Crippen LogP contribution in [0.25, 0.3) is 0 Å². The fourth-order valence-electron chi connectivity index (χ4n) is 3.84. The molecule has 2 heterocycles. The lowest BCUT2D eigenvalue weighted by Crippen LogP contribution is -2.49. The van der Waals surface area contributed by atoms with Crippen LogP contribution in [0.5, 0.6) is 0 Å². The van der Waals surface area contributed by atoms with E-state index in [4.69, 9.17) is 0 Å². The summed E-state index contributed by atoms with van der Waals surface area (Å²) in [5.74, 6) is 0. The van der Waals surface area contributed by atoms with Gasteiger partial charge in [0.05, 0.1) is 0 Å². The van der Waals surface area contributed by atoms with Gasteiger partial charge in [0.25, 0.3) is 0 Å². The smallest absolute Gasteiger partial charge is 0.0239 e. The Hall–Kier alpha value is -0.120. The van der Waals surface area contributed by atoms with Crippen LogP contribution in [-0.4, -0.2) is 60.1 Å². The number of piperidine rings is 1. The van der Waals surface area contributed by atoms with Crippen molar-refractivity contribution >= 4 is 0 Å². The summed E-state index contributed by atoms with van der Waals surface area (Å²) >= 11 is 0. The van der Waals surface area contributed by atoms with Gasteiger partial charge in [-0.2, -0.15) is 0 Å². The summed E-state index contributed by atoms with van der Waals surface area (Å²) in [6.45, 7) is 9.84. The predicted molar refractivity (Wildman–Crippen MR) is 80.5 cm³/mol. The van der Waals surface area contributed by atoms with E-state index >= 15 is 0 Å². The summed E-state index contributed by atoms with van der Waals surface area (Å²) in [6.07, 6.45) is 8.49. The summed E-state index contributed by atoms with van der Waals surface area (Å²) in [6, 6.07) is 3.24. The maximum absolute atomic E-state index is 3.73. The first-order valence-corrected chi connectivity index (χ1v) is 8.47. The minimum Gasteiger partial charge on any atom is -0.313 e. The van der Waals surface area contributed by atoms with Crippen LogP contribution in [0.4, 0.5) is 0 Å². The van der Waals surface area contributed by atoms with E-state index in [2.05, 4.69) is 29.0 Å². The molecule has 0 bridgehead atoms.